The summed E-state index contributed by atoms with van der Waals surface area (Å²) in [7, 11) is 0. The summed E-state index contributed by atoms with van der Waals surface area (Å²) >= 11 is 0. The topological polar surface area (TPSA) is 58.6 Å². The molecule has 1 fully saturated rings. The summed E-state index contributed by atoms with van der Waals surface area (Å²) in [4.78, 5) is 28.7. The highest BCUT2D eigenvalue weighted by Gasteiger charge is 2.19. The number of nitrogens with one attached hydrogen (secondary N) is 1. The highest BCUT2D eigenvalue weighted by molar-refractivity contribution is 6.15. The summed E-state index contributed by atoms with van der Waals surface area (Å²) in [6, 6.07) is 20.8. The number of amides is 1. The molecule has 0 radical (unpaired) electrons. The number of hydrogen-bond acceptors (Lipinski definition) is 4. The average molecular weight is 443 g/mol. The van der Waals surface area contributed by atoms with Gasteiger partial charge in [-0.25, -0.2) is 0 Å². The molecule has 0 aliphatic carbocycles. The van der Waals surface area contributed by atoms with Crippen LogP contribution in [0.1, 0.15) is 48.5 Å². The molecule has 0 spiro atoms. The summed E-state index contributed by atoms with van der Waals surface area (Å²) in [5, 5.41) is 3.03. The zero-order valence-corrected chi connectivity index (χ0v) is 19.3. The second-order valence-electron chi connectivity index (χ2n) is 8.51. The summed E-state index contributed by atoms with van der Waals surface area (Å²) in [5.74, 6) is -0.388. The highest BCUT2D eigenvalue weighted by atomic mass is 16.5. The largest absolute Gasteiger partial charge is 0.379 e. The molecule has 0 unspecified atom stereocenters. The molecule has 5 heteroatoms. The summed E-state index contributed by atoms with van der Waals surface area (Å²) in [6.07, 6.45) is 0. The molecule has 1 amide bonds. The number of benzene rings is 3. The van der Waals surface area contributed by atoms with Crippen molar-refractivity contribution in [2.75, 3.05) is 26.3 Å². The van der Waals surface area contributed by atoms with Crippen LogP contribution >= 0.6 is 0 Å². The average Bonchev–Trinajstić information content (AvgIpc) is 2.85. The van der Waals surface area contributed by atoms with E-state index in [4.69, 9.17) is 4.74 Å². The molecule has 1 saturated heterocycles. The number of hydrogen-bond donors (Lipinski definition) is 1. The maximum absolute atomic E-state index is 13.2. The third kappa shape index (κ3) is 5.56. The normalized spacial score (nSPS) is 14.1. The fourth-order valence-electron chi connectivity index (χ4n) is 4.07. The van der Waals surface area contributed by atoms with Crippen molar-refractivity contribution >= 4 is 11.7 Å². The van der Waals surface area contributed by atoms with E-state index in [0.29, 0.717) is 23.2 Å². The Balaban J connectivity index is 1.49. The zero-order chi connectivity index (χ0) is 23.2. The lowest BCUT2D eigenvalue weighted by molar-refractivity contribution is 0.0340. The van der Waals surface area contributed by atoms with Crippen molar-refractivity contribution in [3.63, 3.8) is 0 Å². The Kier molecular flexibility index (Phi) is 7.33. The van der Waals surface area contributed by atoms with E-state index < -0.39 is 0 Å². The Morgan fingerprint density at radius 1 is 0.848 bits per heavy atom. The van der Waals surface area contributed by atoms with E-state index in [1.807, 2.05) is 50.2 Å². The van der Waals surface area contributed by atoms with Gasteiger partial charge in [0.05, 0.1) is 18.8 Å². The number of ether oxygens (including phenoxy) is 1. The van der Waals surface area contributed by atoms with E-state index in [9.17, 15) is 9.59 Å². The lowest BCUT2D eigenvalue weighted by Gasteiger charge is -2.27. The summed E-state index contributed by atoms with van der Waals surface area (Å²) in [5.41, 5.74) is 5.86. The van der Waals surface area contributed by atoms with Gasteiger partial charge in [0.15, 0.2) is 5.78 Å². The Morgan fingerprint density at radius 3 is 2.24 bits per heavy atom. The summed E-state index contributed by atoms with van der Waals surface area (Å²) in [6.45, 7) is 8.57. The van der Waals surface area contributed by atoms with Gasteiger partial charge in [0.2, 0.25) is 0 Å². The molecule has 0 aromatic heterocycles. The number of morpholine rings is 1. The third-order valence-corrected chi connectivity index (χ3v) is 6.24. The Morgan fingerprint density at radius 2 is 1.52 bits per heavy atom. The van der Waals surface area contributed by atoms with Crippen molar-refractivity contribution in [3.8, 4) is 0 Å². The number of nitrogens with zero attached hydrogens (tertiary/aromatic N) is 1. The Bertz CT molecular complexity index is 1150. The van der Waals surface area contributed by atoms with Crippen molar-refractivity contribution in [1.82, 2.24) is 10.2 Å². The van der Waals surface area contributed by atoms with Gasteiger partial charge in [0.1, 0.15) is 0 Å². The van der Waals surface area contributed by atoms with Gasteiger partial charge in [-0.05, 0) is 48.2 Å². The number of aryl methyl sites for hydroxylation is 2. The van der Waals surface area contributed by atoms with Crippen LogP contribution in [0.25, 0.3) is 0 Å². The first-order chi connectivity index (χ1) is 16.0. The molecule has 1 aliphatic heterocycles. The minimum Gasteiger partial charge on any atom is -0.379 e. The fourth-order valence-corrected chi connectivity index (χ4v) is 4.07. The number of carbonyl (C=O) groups is 2. The molecule has 5 nitrogen and oxygen atoms in total. The molecule has 1 N–H and O–H groups in total. The molecule has 1 aliphatic rings. The minimum absolute atomic E-state index is 0.142. The van der Waals surface area contributed by atoms with Gasteiger partial charge < -0.3 is 10.1 Å². The molecule has 170 valence electrons. The fraction of sp³-hybridized carbons (Fsp3) is 0.286. The number of ketones is 1. The van der Waals surface area contributed by atoms with Gasteiger partial charge in [-0.1, -0.05) is 54.6 Å². The molecule has 0 saturated carbocycles. The monoisotopic (exact) mass is 442 g/mol. The molecule has 0 atom stereocenters. The molecule has 33 heavy (non-hydrogen) atoms. The number of rotatable bonds is 7. The van der Waals surface area contributed by atoms with Crippen LogP contribution in [0, 0.1) is 13.8 Å². The molecule has 4 rings (SSSR count). The number of carbonyl (C=O) groups excluding carboxylic acids is 2. The van der Waals surface area contributed by atoms with Crippen LogP contribution in [0.15, 0.2) is 66.7 Å². The van der Waals surface area contributed by atoms with E-state index in [-0.39, 0.29) is 11.7 Å². The van der Waals surface area contributed by atoms with Gasteiger partial charge in [-0.15, -0.1) is 0 Å². The predicted octanol–water partition coefficient (Wildman–Crippen LogP) is 4.30. The van der Waals surface area contributed by atoms with Crippen molar-refractivity contribution in [2.24, 2.45) is 0 Å². The molecule has 0 bridgehead atoms. The molecule has 1 heterocycles. The standard InChI is InChI=1S/C28H30N2O3/c1-20-11-12-22(17-21(20)2)27(31)25-9-5-6-10-26(25)28(32)29-18-23-7-3-4-8-24(23)19-30-13-15-33-16-14-30/h3-12,17H,13-16,18-19H2,1-2H3,(H,29,32). The van der Waals surface area contributed by atoms with Crippen LogP contribution in [0.5, 0.6) is 0 Å². The molecule has 3 aromatic carbocycles. The first kappa shape index (κ1) is 22.9. The van der Waals surface area contributed by atoms with Crippen LogP contribution in [-0.4, -0.2) is 42.9 Å². The zero-order valence-electron chi connectivity index (χ0n) is 19.3. The second-order valence-corrected chi connectivity index (χ2v) is 8.51. The van der Waals surface area contributed by atoms with Crippen LogP contribution in [0.4, 0.5) is 0 Å². The van der Waals surface area contributed by atoms with Gasteiger partial charge in [0.25, 0.3) is 5.91 Å². The van der Waals surface area contributed by atoms with E-state index in [1.54, 1.807) is 24.3 Å². The first-order valence-electron chi connectivity index (χ1n) is 11.4. The van der Waals surface area contributed by atoms with Gasteiger partial charge in [-0.2, -0.15) is 0 Å². The quantitative estimate of drug-likeness (QED) is 0.555. The van der Waals surface area contributed by atoms with Crippen molar-refractivity contribution < 1.29 is 14.3 Å². The van der Waals surface area contributed by atoms with Crippen molar-refractivity contribution in [2.45, 2.75) is 26.9 Å². The first-order valence-corrected chi connectivity index (χ1v) is 11.4. The van der Waals surface area contributed by atoms with Crippen molar-refractivity contribution in [1.29, 1.82) is 0 Å². The maximum Gasteiger partial charge on any atom is 0.252 e. The van der Waals surface area contributed by atoms with E-state index in [0.717, 1.165) is 49.5 Å². The maximum atomic E-state index is 13.2. The Hall–Kier alpha value is -3.28. The van der Waals surface area contributed by atoms with Crippen LogP contribution in [0.2, 0.25) is 0 Å². The minimum atomic E-state index is -0.246. The van der Waals surface area contributed by atoms with Crippen LogP contribution in [0.3, 0.4) is 0 Å². The van der Waals surface area contributed by atoms with Crippen LogP contribution in [-0.2, 0) is 17.8 Å². The van der Waals surface area contributed by atoms with Crippen molar-refractivity contribution in [3.05, 3.63) is 106 Å². The molecular weight excluding hydrogens is 412 g/mol. The summed E-state index contributed by atoms with van der Waals surface area (Å²) < 4.78 is 5.44. The third-order valence-electron chi connectivity index (χ3n) is 6.24. The molecular formula is C28H30N2O3. The van der Waals surface area contributed by atoms with E-state index >= 15 is 0 Å². The Labute approximate surface area is 195 Å². The van der Waals surface area contributed by atoms with Gasteiger partial charge >= 0.3 is 0 Å². The SMILES string of the molecule is Cc1ccc(C(=O)c2ccccc2C(=O)NCc2ccccc2CN2CCOCC2)cc1C. The predicted molar refractivity (Wildman–Crippen MR) is 129 cm³/mol. The highest BCUT2D eigenvalue weighted by Crippen LogP contribution is 2.18. The van der Waals surface area contributed by atoms with Gasteiger partial charge in [0, 0.05) is 37.3 Å². The lowest BCUT2D eigenvalue weighted by atomic mass is 9.95. The second kappa shape index (κ2) is 10.6. The van der Waals surface area contributed by atoms with E-state index in [1.165, 1.54) is 5.56 Å². The van der Waals surface area contributed by atoms with Gasteiger partial charge in [-0.3, -0.25) is 14.5 Å². The van der Waals surface area contributed by atoms with E-state index in [2.05, 4.69) is 16.3 Å². The smallest absolute Gasteiger partial charge is 0.252 e. The molecule has 3 aromatic rings. The van der Waals surface area contributed by atoms with Crippen LogP contribution < -0.4 is 5.32 Å². The lowest BCUT2D eigenvalue weighted by Crippen LogP contribution is -2.36.